The Hall–Kier alpha value is -2.50. The van der Waals surface area contributed by atoms with Crippen LogP contribution in [0.1, 0.15) is 10.5 Å². The molecule has 0 amide bonds. The fourth-order valence-electron chi connectivity index (χ4n) is 1.31. The van der Waals surface area contributed by atoms with E-state index in [1.54, 1.807) is 0 Å². The molecule has 0 aliphatic rings. The third kappa shape index (κ3) is 2.27. The van der Waals surface area contributed by atoms with Gasteiger partial charge in [0.2, 0.25) is 5.82 Å². The van der Waals surface area contributed by atoms with Gasteiger partial charge in [-0.1, -0.05) is 0 Å². The maximum atomic E-state index is 13.5. The molecule has 1 aromatic carbocycles. The van der Waals surface area contributed by atoms with Crippen molar-refractivity contribution in [2.24, 2.45) is 0 Å². The van der Waals surface area contributed by atoms with E-state index in [1.807, 2.05) is 0 Å². The molecule has 0 aliphatic carbocycles. The second kappa shape index (κ2) is 4.79. The maximum absolute atomic E-state index is 13.5. The van der Waals surface area contributed by atoms with Gasteiger partial charge >= 0.3 is 0 Å². The number of hydrogen-bond donors (Lipinski definition) is 1. The predicted octanol–water partition coefficient (Wildman–Crippen LogP) is 2.55. The molecule has 0 saturated heterocycles. The second-order valence-corrected chi connectivity index (χ2v) is 3.42. The summed E-state index contributed by atoms with van der Waals surface area (Å²) in [7, 11) is 0. The van der Waals surface area contributed by atoms with Gasteiger partial charge in [0.05, 0.1) is 5.69 Å². The smallest absolute Gasteiger partial charge is 0.203 e. The number of aromatic nitrogens is 1. The van der Waals surface area contributed by atoms with E-state index in [0.717, 1.165) is 0 Å². The summed E-state index contributed by atoms with van der Waals surface area (Å²) < 4.78 is 31.8. The summed E-state index contributed by atoms with van der Waals surface area (Å²) in [5.41, 5.74) is 5.03. The Labute approximate surface area is 101 Å². The van der Waals surface area contributed by atoms with Crippen LogP contribution in [-0.2, 0) is 0 Å². The number of pyridine rings is 1. The van der Waals surface area contributed by atoms with Gasteiger partial charge in [-0.25, -0.2) is 4.39 Å². The molecule has 0 saturated carbocycles. The molecule has 0 fully saturated rings. The minimum absolute atomic E-state index is 0.129. The number of hydrogen-bond acceptors (Lipinski definition) is 4. The molecule has 2 aromatic rings. The average Bonchev–Trinajstić information content (AvgIpc) is 2.40. The standard InChI is InChI=1S/C12H8F2N2O2/c13-11-9(15)1-2-10(12(11)14)18-8-3-4-16-7(5-8)6-17/h1-6H,15H2. The lowest BCUT2D eigenvalue weighted by molar-refractivity contribution is 0.111. The van der Waals surface area contributed by atoms with Gasteiger partial charge in [-0.3, -0.25) is 9.78 Å². The van der Waals surface area contributed by atoms with Crippen LogP contribution in [0.3, 0.4) is 0 Å². The van der Waals surface area contributed by atoms with Gasteiger partial charge in [0.25, 0.3) is 0 Å². The first-order chi connectivity index (χ1) is 8.61. The van der Waals surface area contributed by atoms with Gasteiger partial charge in [0.1, 0.15) is 11.4 Å². The van der Waals surface area contributed by atoms with Crippen LogP contribution in [0.15, 0.2) is 30.5 Å². The highest BCUT2D eigenvalue weighted by Gasteiger charge is 2.13. The van der Waals surface area contributed by atoms with Crippen LogP contribution in [0.25, 0.3) is 0 Å². The van der Waals surface area contributed by atoms with Crippen LogP contribution in [0.5, 0.6) is 11.5 Å². The van der Waals surface area contributed by atoms with E-state index in [2.05, 4.69) is 4.98 Å². The molecule has 92 valence electrons. The molecule has 6 heteroatoms. The molecule has 0 unspecified atom stereocenters. The number of halogens is 2. The van der Waals surface area contributed by atoms with Crippen LogP contribution in [-0.4, -0.2) is 11.3 Å². The van der Waals surface area contributed by atoms with Crippen molar-refractivity contribution in [3.05, 3.63) is 47.8 Å². The molecule has 4 nitrogen and oxygen atoms in total. The summed E-state index contributed by atoms with van der Waals surface area (Å²) in [5, 5.41) is 0. The fourth-order valence-corrected chi connectivity index (χ4v) is 1.31. The highest BCUT2D eigenvalue weighted by molar-refractivity contribution is 5.72. The van der Waals surface area contributed by atoms with Crippen molar-refractivity contribution in [3.8, 4) is 11.5 Å². The van der Waals surface area contributed by atoms with Gasteiger partial charge in [-0.05, 0) is 18.2 Å². The number of ether oxygens (including phenoxy) is 1. The van der Waals surface area contributed by atoms with Crippen molar-refractivity contribution in [2.45, 2.75) is 0 Å². The van der Waals surface area contributed by atoms with Gasteiger partial charge in [-0.2, -0.15) is 4.39 Å². The summed E-state index contributed by atoms with van der Waals surface area (Å²) in [6.45, 7) is 0. The van der Waals surface area contributed by atoms with E-state index in [9.17, 15) is 13.6 Å². The highest BCUT2D eigenvalue weighted by Crippen LogP contribution is 2.28. The zero-order chi connectivity index (χ0) is 13.1. The minimum Gasteiger partial charge on any atom is -0.454 e. The minimum atomic E-state index is -1.18. The Morgan fingerprint density at radius 2 is 2.00 bits per heavy atom. The van der Waals surface area contributed by atoms with E-state index in [0.29, 0.717) is 6.29 Å². The lowest BCUT2D eigenvalue weighted by Gasteiger charge is -2.08. The highest BCUT2D eigenvalue weighted by atomic mass is 19.2. The number of nitrogen functional groups attached to an aromatic ring is 1. The number of carbonyl (C=O) groups excluding carboxylic acids is 1. The lowest BCUT2D eigenvalue weighted by atomic mass is 10.2. The molecule has 0 atom stereocenters. The van der Waals surface area contributed by atoms with Gasteiger partial charge in [0.15, 0.2) is 17.9 Å². The van der Waals surface area contributed by atoms with Crippen molar-refractivity contribution < 1.29 is 18.3 Å². The van der Waals surface area contributed by atoms with Crippen molar-refractivity contribution in [3.63, 3.8) is 0 Å². The van der Waals surface area contributed by atoms with E-state index >= 15 is 0 Å². The Bertz CT molecular complexity index is 603. The number of benzene rings is 1. The van der Waals surface area contributed by atoms with Crippen LogP contribution in [0.2, 0.25) is 0 Å². The maximum Gasteiger partial charge on any atom is 0.203 e. The van der Waals surface area contributed by atoms with Crippen molar-refractivity contribution >= 4 is 12.0 Å². The predicted molar refractivity (Wildman–Crippen MR) is 60.5 cm³/mol. The number of anilines is 1. The molecule has 0 bridgehead atoms. The molecule has 1 aromatic heterocycles. The molecule has 18 heavy (non-hydrogen) atoms. The molecule has 2 N–H and O–H groups in total. The van der Waals surface area contributed by atoms with Crippen molar-refractivity contribution in [1.82, 2.24) is 4.98 Å². The van der Waals surface area contributed by atoms with Crippen molar-refractivity contribution in [2.75, 3.05) is 5.73 Å². The second-order valence-electron chi connectivity index (χ2n) is 3.42. The third-order valence-corrected chi connectivity index (χ3v) is 2.18. The Balaban J connectivity index is 2.34. The summed E-state index contributed by atoms with van der Waals surface area (Å²) in [4.78, 5) is 14.2. The van der Waals surface area contributed by atoms with Crippen molar-refractivity contribution in [1.29, 1.82) is 0 Å². The van der Waals surface area contributed by atoms with E-state index in [1.165, 1.54) is 30.5 Å². The van der Waals surface area contributed by atoms with Crippen LogP contribution in [0.4, 0.5) is 14.5 Å². The van der Waals surface area contributed by atoms with E-state index in [4.69, 9.17) is 10.5 Å². The fraction of sp³-hybridized carbons (Fsp3) is 0. The van der Waals surface area contributed by atoms with Crippen LogP contribution in [0, 0.1) is 11.6 Å². The zero-order valence-corrected chi connectivity index (χ0v) is 9.06. The largest absolute Gasteiger partial charge is 0.454 e. The summed E-state index contributed by atoms with van der Waals surface area (Å²) in [6.07, 6.45) is 1.84. The number of nitrogens with zero attached hydrogens (tertiary/aromatic N) is 1. The Morgan fingerprint density at radius 1 is 1.22 bits per heavy atom. The zero-order valence-electron chi connectivity index (χ0n) is 9.06. The molecule has 0 radical (unpaired) electrons. The van der Waals surface area contributed by atoms with Crippen LogP contribution < -0.4 is 10.5 Å². The molecular formula is C12H8F2N2O2. The first-order valence-electron chi connectivity index (χ1n) is 4.94. The number of nitrogens with two attached hydrogens (primary N) is 1. The molecular weight excluding hydrogens is 242 g/mol. The monoisotopic (exact) mass is 250 g/mol. The molecule has 1 heterocycles. The van der Waals surface area contributed by atoms with Gasteiger partial charge < -0.3 is 10.5 Å². The third-order valence-electron chi connectivity index (χ3n) is 2.18. The molecule has 0 spiro atoms. The quantitative estimate of drug-likeness (QED) is 0.671. The summed E-state index contributed by atoms with van der Waals surface area (Å²) in [5.74, 6) is -2.49. The van der Waals surface area contributed by atoms with E-state index in [-0.39, 0.29) is 22.9 Å². The summed E-state index contributed by atoms with van der Waals surface area (Å²) in [6, 6.07) is 5.12. The SMILES string of the molecule is Nc1ccc(Oc2ccnc(C=O)c2)c(F)c1F. The first-order valence-corrected chi connectivity index (χ1v) is 4.94. The van der Waals surface area contributed by atoms with E-state index < -0.39 is 11.6 Å². The normalized spacial score (nSPS) is 10.1. The lowest BCUT2D eigenvalue weighted by Crippen LogP contribution is -1.97. The van der Waals surface area contributed by atoms with Gasteiger partial charge in [-0.15, -0.1) is 0 Å². The molecule has 0 aliphatic heterocycles. The first kappa shape index (κ1) is 12.0. The number of carbonyl (C=O) groups is 1. The van der Waals surface area contributed by atoms with Crippen LogP contribution >= 0.6 is 0 Å². The average molecular weight is 250 g/mol. The Kier molecular flexibility index (Phi) is 3.18. The van der Waals surface area contributed by atoms with Gasteiger partial charge in [0, 0.05) is 12.3 Å². The summed E-state index contributed by atoms with van der Waals surface area (Å²) >= 11 is 0. The Morgan fingerprint density at radius 3 is 2.72 bits per heavy atom. The topological polar surface area (TPSA) is 65.2 Å². The molecule has 2 rings (SSSR count). The number of rotatable bonds is 3. The number of aldehydes is 1.